The van der Waals surface area contributed by atoms with Gasteiger partial charge in [-0.15, -0.1) is 13.2 Å². The predicted octanol–water partition coefficient (Wildman–Crippen LogP) is 8.52. The molecular weight excluding hydrogens is 519 g/mol. The third kappa shape index (κ3) is 6.08. The van der Waals surface area contributed by atoms with Crippen LogP contribution in [0.4, 0.5) is 24.8 Å². The Labute approximate surface area is 231 Å². The summed E-state index contributed by atoms with van der Waals surface area (Å²) in [5, 5.41) is 3.34. The molecule has 1 saturated carbocycles. The molecule has 1 heterocycles. The Kier molecular flexibility index (Phi) is 7.25. The van der Waals surface area contributed by atoms with Crippen molar-refractivity contribution in [2.75, 3.05) is 12.4 Å². The molecular formula is C31H32F3N3O3. The summed E-state index contributed by atoms with van der Waals surface area (Å²) in [4.78, 5) is 17.0. The number of carbonyl (C=O) groups is 1. The van der Waals surface area contributed by atoms with Crippen molar-refractivity contribution in [2.24, 2.45) is 11.3 Å². The van der Waals surface area contributed by atoms with Crippen LogP contribution in [-0.4, -0.2) is 29.0 Å². The summed E-state index contributed by atoms with van der Waals surface area (Å²) in [6, 6.07) is 19.1. The van der Waals surface area contributed by atoms with Gasteiger partial charge in [0.25, 0.3) is 0 Å². The first kappa shape index (κ1) is 27.6. The number of benzene rings is 3. The number of aromatic nitrogens is 2. The minimum Gasteiger partial charge on any atom is -0.465 e. The number of fused-ring (bicyclic) bond motifs is 1. The monoisotopic (exact) mass is 551 g/mol. The number of hydrogen-bond donors (Lipinski definition) is 1. The van der Waals surface area contributed by atoms with E-state index in [4.69, 9.17) is 9.72 Å². The fourth-order valence-corrected chi connectivity index (χ4v) is 6.04. The van der Waals surface area contributed by atoms with E-state index in [1.54, 1.807) is 24.3 Å². The highest BCUT2D eigenvalue weighted by Crippen LogP contribution is 2.46. The van der Waals surface area contributed by atoms with Gasteiger partial charge in [0, 0.05) is 11.7 Å². The third-order valence-corrected chi connectivity index (χ3v) is 7.38. The van der Waals surface area contributed by atoms with E-state index in [1.165, 1.54) is 19.2 Å². The molecule has 0 amide bonds. The van der Waals surface area contributed by atoms with Gasteiger partial charge < -0.3 is 19.4 Å². The van der Waals surface area contributed by atoms with Crippen LogP contribution < -0.4 is 10.1 Å². The van der Waals surface area contributed by atoms with Gasteiger partial charge in [0.05, 0.1) is 23.7 Å². The lowest BCUT2D eigenvalue weighted by Crippen LogP contribution is -2.29. The van der Waals surface area contributed by atoms with Crippen molar-refractivity contribution in [3.8, 4) is 16.9 Å². The summed E-state index contributed by atoms with van der Waals surface area (Å²) in [7, 11) is 1.35. The summed E-state index contributed by atoms with van der Waals surface area (Å²) in [5.41, 5.74) is 4.71. The number of carbonyl (C=O) groups excluding carboxylic acids is 1. The number of hydrogen-bond acceptors (Lipinski definition) is 5. The first-order chi connectivity index (χ1) is 18.9. The predicted molar refractivity (Wildman–Crippen MR) is 149 cm³/mol. The average molecular weight is 552 g/mol. The van der Waals surface area contributed by atoms with Gasteiger partial charge in [-0.1, -0.05) is 39.0 Å². The zero-order valence-corrected chi connectivity index (χ0v) is 22.9. The van der Waals surface area contributed by atoms with Crippen LogP contribution >= 0.6 is 0 Å². The molecule has 4 aromatic rings. The van der Waals surface area contributed by atoms with Crippen molar-refractivity contribution in [3.63, 3.8) is 0 Å². The molecule has 5 rings (SSSR count). The van der Waals surface area contributed by atoms with E-state index in [1.807, 2.05) is 30.3 Å². The lowest BCUT2D eigenvalue weighted by Gasteiger charge is -2.40. The Morgan fingerprint density at radius 2 is 1.75 bits per heavy atom. The second-order valence-electron chi connectivity index (χ2n) is 11.3. The number of imidazole rings is 1. The molecule has 3 aromatic carbocycles. The van der Waals surface area contributed by atoms with Crippen molar-refractivity contribution >= 4 is 28.6 Å². The fourth-order valence-electron chi connectivity index (χ4n) is 6.04. The number of nitrogens with zero attached hydrogens (tertiary/aromatic N) is 2. The number of alkyl halides is 3. The van der Waals surface area contributed by atoms with Crippen molar-refractivity contribution < 1.29 is 27.4 Å². The summed E-state index contributed by atoms with van der Waals surface area (Å²) in [6.07, 6.45) is -1.65. The number of esters is 1. The number of rotatable bonds is 6. The van der Waals surface area contributed by atoms with Gasteiger partial charge in [0.2, 0.25) is 5.95 Å². The molecule has 1 aliphatic carbocycles. The van der Waals surface area contributed by atoms with Crippen molar-refractivity contribution in [1.82, 2.24) is 9.55 Å². The topological polar surface area (TPSA) is 65.4 Å². The molecule has 2 unspecified atom stereocenters. The number of halogens is 3. The largest absolute Gasteiger partial charge is 0.573 e. The SMILES string of the molecule is COC(=O)c1cccc(-c2ccc3c(c2)nc(Nc2ccc(OC(F)(F)F)cc2)n3C2CC(C)CC(C)(C)C2)c1. The molecule has 210 valence electrons. The molecule has 0 spiro atoms. The maximum atomic E-state index is 12.6. The number of nitrogens with one attached hydrogen (secondary N) is 1. The summed E-state index contributed by atoms with van der Waals surface area (Å²) >= 11 is 0. The lowest BCUT2D eigenvalue weighted by molar-refractivity contribution is -0.274. The van der Waals surface area contributed by atoms with Gasteiger partial charge in [-0.05, 0) is 90.3 Å². The molecule has 1 aromatic heterocycles. The van der Waals surface area contributed by atoms with Gasteiger partial charge >= 0.3 is 12.3 Å². The second kappa shape index (κ2) is 10.5. The molecule has 2 atom stereocenters. The second-order valence-corrected chi connectivity index (χ2v) is 11.3. The zero-order chi connectivity index (χ0) is 28.7. The van der Waals surface area contributed by atoms with E-state index in [9.17, 15) is 18.0 Å². The van der Waals surface area contributed by atoms with Crippen LogP contribution in [0.15, 0.2) is 66.7 Å². The van der Waals surface area contributed by atoms with Crippen LogP contribution in [0.25, 0.3) is 22.2 Å². The van der Waals surface area contributed by atoms with Crippen molar-refractivity contribution in [3.05, 3.63) is 72.3 Å². The normalized spacial score (nSPS) is 18.9. The van der Waals surface area contributed by atoms with Crippen LogP contribution in [0.1, 0.15) is 56.4 Å². The highest BCUT2D eigenvalue weighted by atomic mass is 19.4. The molecule has 1 fully saturated rings. The summed E-state index contributed by atoms with van der Waals surface area (Å²) in [5.74, 6) is 0.459. The first-order valence-corrected chi connectivity index (χ1v) is 13.2. The van der Waals surface area contributed by atoms with E-state index in [0.717, 1.165) is 41.4 Å². The van der Waals surface area contributed by atoms with Crippen LogP contribution in [0.3, 0.4) is 0 Å². The Bertz CT molecular complexity index is 1530. The molecule has 0 aliphatic heterocycles. The molecule has 0 radical (unpaired) electrons. The molecule has 9 heteroatoms. The van der Waals surface area contributed by atoms with E-state index >= 15 is 0 Å². The molecule has 1 N–H and O–H groups in total. The van der Waals surface area contributed by atoms with Crippen LogP contribution in [0.5, 0.6) is 5.75 Å². The Morgan fingerprint density at radius 3 is 2.42 bits per heavy atom. The third-order valence-electron chi connectivity index (χ3n) is 7.38. The quantitative estimate of drug-likeness (QED) is 0.243. The standard InChI is InChI=1S/C31H32F3N3O3/c1-19-14-24(18-30(2,3)17-19)37-27-13-8-21(20-6-5-7-22(15-20)28(38)39-4)16-26(27)36-29(37)35-23-9-11-25(12-10-23)40-31(32,33)34/h5-13,15-16,19,24H,14,17-18H2,1-4H3,(H,35,36). The van der Waals surface area contributed by atoms with Crippen LogP contribution in [-0.2, 0) is 4.74 Å². The van der Waals surface area contributed by atoms with E-state index in [2.05, 4.69) is 35.4 Å². The Hall–Kier alpha value is -4.01. The smallest absolute Gasteiger partial charge is 0.465 e. The Morgan fingerprint density at radius 1 is 1.02 bits per heavy atom. The number of ether oxygens (including phenoxy) is 2. The molecule has 1 aliphatic rings. The molecule has 0 bridgehead atoms. The molecule has 6 nitrogen and oxygen atoms in total. The molecule has 40 heavy (non-hydrogen) atoms. The average Bonchev–Trinajstić information content (AvgIpc) is 3.24. The highest BCUT2D eigenvalue weighted by molar-refractivity contribution is 5.92. The van der Waals surface area contributed by atoms with Crippen LogP contribution in [0.2, 0.25) is 0 Å². The maximum absolute atomic E-state index is 12.6. The van der Waals surface area contributed by atoms with Gasteiger partial charge in [0.15, 0.2) is 0 Å². The van der Waals surface area contributed by atoms with Gasteiger partial charge in [-0.3, -0.25) is 0 Å². The van der Waals surface area contributed by atoms with Gasteiger partial charge in [-0.25, -0.2) is 9.78 Å². The van der Waals surface area contributed by atoms with Gasteiger partial charge in [-0.2, -0.15) is 0 Å². The van der Waals surface area contributed by atoms with Crippen molar-refractivity contribution in [1.29, 1.82) is 0 Å². The van der Waals surface area contributed by atoms with Gasteiger partial charge in [0.1, 0.15) is 5.75 Å². The molecule has 0 saturated heterocycles. The summed E-state index contributed by atoms with van der Waals surface area (Å²) < 4.78 is 49.0. The van der Waals surface area contributed by atoms with Crippen molar-refractivity contribution in [2.45, 2.75) is 52.4 Å². The minimum atomic E-state index is -4.75. The maximum Gasteiger partial charge on any atom is 0.573 e. The lowest BCUT2D eigenvalue weighted by atomic mass is 9.70. The zero-order valence-electron chi connectivity index (χ0n) is 22.9. The van der Waals surface area contributed by atoms with E-state index in [0.29, 0.717) is 23.1 Å². The fraction of sp³-hybridized carbons (Fsp3) is 0.355. The minimum absolute atomic E-state index is 0.154. The highest BCUT2D eigenvalue weighted by Gasteiger charge is 2.35. The van der Waals surface area contributed by atoms with E-state index < -0.39 is 12.3 Å². The Balaban J connectivity index is 1.55. The van der Waals surface area contributed by atoms with Crippen LogP contribution in [0, 0.1) is 11.3 Å². The number of methoxy groups -OCH3 is 1. The summed E-state index contributed by atoms with van der Waals surface area (Å²) in [6.45, 7) is 6.84. The number of anilines is 2. The first-order valence-electron chi connectivity index (χ1n) is 13.2. The van der Waals surface area contributed by atoms with E-state index in [-0.39, 0.29) is 17.2 Å².